The van der Waals surface area contributed by atoms with Crippen LogP contribution in [0.2, 0.25) is 0 Å². The minimum atomic E-state index is 0.538. The third-order valence-corrected chi connectivity index (χ3v) is 2.20. The Morgan fingerprint density at radius 3 is 2.53 bits per heavy atom. The molecule has 0 aromatic heterocycles. The number of hydrogen-bond donors (Lipinski definition) is 1. The Kier molecular flexibility index (Phi) is 4.58. The van der Waals surface area contributed by atoms with Crippen LogP contribution < -0.4 is 5.73 Å². The van der Waals surface area contributed by atoms with Gasteiger partial charge in [-0.25, -0.2) is 0 Å². The van der Waals surface area contributed by atoms with Crippen molar-refractivity contribution in [2.45, 2.75) is 6.92 Å². The second-order valence-corrected chi connectivity index (χ2v) is 3.37. The molecule has 0 saturated heterocycles. The highest BCUT2D eigenvalue weighted by molar-refractivity contribution is 5.66. The molecular weight excluding hydrogens is 182 g/mol. The van der Waals surface area contributed by atoms with E-state index in [9.17, 15) is 0 Å². The molecule has 0 aliphatic heterocycles. The van der Waals surface area contributed by atoms with Crippen molar-refractivity contribution in [3.8, 4) is 0 Å². The van der Waals surface area contributed by atoms with Gasteiger partial charge in [-0.15, -0.1) is 0 Å². The quantitative estimate of drug-likeness (QED) is 0.741. The zero-order chi connectivity index (χ0) is 11.1. The van der Waals surface area contributed by atoms with Gasteiger partial charge >= 0.3 is 0 Å². The zero-order valence-corrected chi connectivity index (χ0v) is 9.11. The molecular formula is C14H17N. The van der Waals surface area contributed by atoms with E-state index in [0.29, 0.717) is 6.54 Å². The molecule has 0 atom stereocenters. The van der Waals surface area contributed by atoms with Crippen molar-refractivity contribution in [1.29, 1.82) is 0 Å². The van der Waals surface area contributed by atoms with Crippen molar-refractivity contribution in [3.05, 3.63) is 66.3 Å². The summed E-state index contributed by atoms with van der Waals surface area (Å²) in [5, 5.41) is 0. The van der Waals surface area contributed by atoms with Crippen molar-refractivity contribution >= 4 is 5.57 Å². The van der Waals surface area contributed by atoms with Gasteiger partial charge in [0.05, 0.1) is 0 Å². The highest BCUT2D eigenvalue weighted by Gasteiger charge is 1.95. The van der Waals surface area contributed by atoms with Gasteiger partial charge in [0.15, 0.2) is 0 Å². The fraction of sp³-hybridized carbons (Fsp3) is 0.143. The SMILES string of the molecule is C=C/C=C(\C=C(/C)c1ccccc1)CN. The fourth-order valence-corrected chi connectivity index (χ4v) is 1.39. The van der Waals surface area contributed by atoms with E-state index in [0.717, 1.165) is 5.57 Å². The van der Waals surface area contributed by atoms with Gasteiger partial charge in [0.1, 0.15) is 0 Å². The Labute approximate surface area is 91.6 Å². The number of benzene rings is 1. The van der Waals surface area contributed by atoms with Crippen molar-refractivity contribution in [2.75, 3.05) is 6.54 Å². The molecule has 2 N–H and O–H groups in total. The Morgan fingerprint density at radius 2 is 2.00 bits per heavy atom. The normalized spacial score (nSPS) is 12.7. The molecule has 0 amide bonds. The standard InChI is InChI=1S/C14H17N/c1-3-7-13(11-15)10-12(2)14-8-5-4-6-9-14/h3-10H,1,11,15H2,2H3/b12-10+,13-7+. The first-order valence-electron chi connectivity index (χ1n) is 5.03. The van der Waals surface area contributed by atoms with Gasteiger partial charge < -0.3 is 5.73 Å². The molecule has 0 bridgehead atoms. The maximum atomic E-state index is 5.62. The summed E-state index contributed by atoms with van der Waals surface area (Å²) in [6.45, 7) is 6.29. The lowest BCUT2D eigenvalue weighted by Gasteiger charge is -2.02. The van der Waals surface area contributed by atoms with Gasteiger partial charge in [-0.05, 0) is 23.6 Å². The van der Waals surface area contributed by atoms with Crippen LogP contribution in [0, 0.1) is 0 Å². The Hall–Kier alpha value is -1.60. The molecule has 0 fully saturated rings. The molecule has 0 aliphatic rings. The predicted octanol–water partition coefficient (Wildman–Crippen LogP) is 3.16. The maximum Gasteiger partial charge on any atom is 0.0178 e. The highest BCUT2D eigenvalue weighted by Crippen LogP contribution is 2.14. The molecule has 78 valence electrons. The van der Waals surface area contributed by atoms with Crippen LogP contribution in [-0.2, 0) is 0 Å². The van der Waals surface area contributed by atoms with Crippen LogP contribution in [-0.4, -0.2) is 6.54 Å². The second-order valence-electron chi connectivity index (χ2n) is 3.37. The second kappa shape index (κ2) is 5.99. The van der Waals surface area contributed by atoms with Crippen molar-refractivity contribution in [3.63, 3.8) is 0 Å². The molecule has 0 unspecified atom stereocenters. The number of hydrogen-bond acceptors (Lipinski definition) is 1. The lowest BCUT2D eigenvalue weighted by atomic mass is 10.0. The number of rotatable bonds is 4. The number of allylic oxidation sites excluding steroid dienone is 3. The van der Waals surface area contributed by atoms with Gasteiger partial charge in [-0.2, -0.15) is 0 Å². The summed E-state index contributed by atoms with van der Waals surface area (Å²) in [5.41, 5.74) is 9.15. The topological polar surface area (TPSA) is 26.0 Å². The first kappa shape index (κ1) is 11.5. The first-order chi connectivity index (χ1) is 7.27. The fourth-order valence-electron chi connectivity index (χ4n) is 1.39. The highest BCUT2D eigenvalue weighted by atomic mass is 14.5. The van der Waals surface area contributed by atoms with E-state index >= 15 is 0 Å². The molecule has 1 aromatic rings. The van der Waals surface area contributed by atoms with Crippen LogP contribution in [0.5, 0.6) is 0 Å². The lowest BCUT2D eigenvalue weighted by Crippen LogP contribution is -2.01. The molecule has 0 radical (unpaired) electrons. The minimum Gasteiger partial charge on any atom is -0.326 e. The molecule has 0 spiro atoms. The van der Waals surface area contributed by atoms with Crippen LogP contribution in [0.1, 0.15) is 12.5 Å². The molecule has 0 heterocycles. The van der Waals surface area contributed by atoms with E-state index < -0.39 is 0 Å². The Balaban J connectivity index is 2.93. The average Bonchev–Trinajstić information content (AvgIpc) is 2.29. The summed E-state index contributed by atoms with van der Waals surface area (Å²) in [5.74, 6) is 0. The molecule has 15 heavy (non-hydrogen) atoms. The summed E-state index contributed by atoms with van der Waals surface area (Å²) in [4.78, 5) is 0. The third-order valence-electron chi connectivity index (χ3n) is 2.20. The molecule has 0 saturated carbocycles. The van der Waals surface area contributed by atoms with Crippen LogP contribution in [0.25, 0.3) is 5.57 Å². The molecule has 1 aromatic carbocycles. The largest absolute Gasteiger partial charge is 0.326 e. The summed E-state index contributed by atoms with van der Waals surface area (Å²) in [6.07, 6.45) is 5.79. The van der Waals surface area contributed by atoms with Crippen LogP contribution in [0.3, 0.4) is 0 Å². The monoisotopic (exact) mass is 199 g/mol. The van der Waals surface area contributed by atoms with Crippen LogP contribution in [0.15, 0.2) is 60.7 Å². The number of nitrogens with two attached hydrogens (primary N) is 1. The van der Waals surface area contributed by atoms with E-state index in [1.165, 1.54) is 11.1 Å². The van der Waals surface area contributed by atoms with Gasteiger partial charge in [0.2, 0.25) is 0 Å². The van der Waals surface area contributed by atoms with E-state index in [-0.39, 0.29) is 0 Å². The van der Waals surface area contributed by atoms with E-state index in [1.807, 2.05) is 24.3 Å². The maximum absolute atomic E-state index is 5.62. The van der Waals surface area contributed by atoms with Crippen molar-refractivity contribution in [2.24, 2.45) is 5.73 Å². The summed E-state index contributed by atoms with van der Waals surface area (Å²) >= 11 is 0. The molecule has 0 aliphatic carbocycles. The van der Waals surface area contributed by atoms with Gasteiger partial charge in [0.25, 0.3) is 0 Å². The van der Waals surface area contributed by atoms with Gasteiger partial charge in [-0.1, -0.05) is 55.1 Å². The first-order valence-corrected chi connectivity index (χ1v) is 5.03. The molecule has 1 heteroatoms. The smallest absolute Gasteiger partial charge is 0.0178 e. The molecule has 1 nitrogen and oxygen atoms in total. The van der Waals surface area contributed by atoms with Gasteiger partial charge in [0, 0.05) is 6.54 Å². The zero-order valence-electron chi connectivity index (χ0n) is 9.11. The predicted molar refractivity (Wildman–Crippen MR) is 67.4 cm³/mol. The van der Waals surface area contributed by atoms with Crippen molar-refractivity contribution < 1.29 is 0 Å². The van der Waals surface area contributed by atoms with E-state index in [2.05, 4.69) is 31.7 Å². The Bertz CT molecular complexity index is 372. The summed E-state index contributed by atoms with van der Waals surface area (Å²) in [6, 6.07) is 10.3. The lowest BCUT2D eigenvalue weighted by molar-refractivity contribution is 1.19. The Morgan fingerprint density at radius 1 is 1.33 bits per heavy atom. The van der Waals surface area contributed by atoms with Crippen molar-refractivity contribution in [1.82, 2.24) is 0 Å². The third kappa shape index (κ3) is 3.56. The summed E-state index contributed by atoms with van der Waals surface area (Å²) in [7, 11) is 0. The average molecular weight is 199 g/mol. The molecule has 1 rings (SSSR count). The van der Waals surface area contributed by atoms with Crippen LogP contribution >= 0.6 is 0 Å². The van der Waals surface area contributed by atoms with E-state index in [4.69, 9.17) is 5.73 Å². The summed E-state index contributed by atoms with van der Waals surface area (Å²) < 4.78 is 0. The van der Waals surface area contributed by atoms with Gasteiger partial charge in [-0.3, -0.25) is 0 Å². The van der Waals surface area contributed by atoms with Crippen LogP contribution in [0.4, 0.5) is 0 Å². The minimum absolute atomic E-state index is 0.538. The van der Waals surface area contributed by atoms with E-state index in [1.54, 1.807) is 6.08 Å².